The summed E-state index contributed by atoms with van der Waals surface area (Å²) in [5, 5.41) is 0.479. The van der Waals surface area contributed by atoms with Crippen LogP contribution in [0.2, 0.25) is 5.02 Å². The van der Waals surface area contributed by atoms with Crippen LogP contribution >= 0.6 is 11.6 Å². The predicted molar refractivity (Wildman–Crippen MR) is 89.7 cm³/mol. The number of aliphatic imine (C=N–C) groups is 1. The van der Waals surface area contributed by atoms with Crippen molar-refractivity contribution in [2.24, 2.45) is 4.99 Å². The summed E-state index contributed by atoms with van der Waals surface area (Å²) in [4.78, 5) is 30.9. The van der Waals surface area contributed by atoms with Crippen LogP contribution in [-0.2, 0) is 4.79 Å². The van der Waals surface area contributed by atoms with Gasteiger partial charge in [-0.15, -0.1) is 0 Å². The monoisotopic (exact) mass is 324 g/mol. The highest BCUT2D eigenvalue weighted by atomic mass is 35.5. The zero-order valence-electron chi connectivity index (χ0n) is 12.3. The van der Waals surface area contributed by atoms with Crippen LogP contribution in [0.4, 0.5) is 5.69 Å². The SMILES string of the molecule is O=C1CCN2C(=O)CN=C(c3ccccc3)c3cc(Cl)cc1c32. The lowest BCUT2D eigenvalue weighted by Gasteiger charge is -2.29. The number of hydrogen-bond acceptors (Lipinski definition) is 3. The van der Waals surface area contributed by atoms with Crippen molar-refractivity contribution in [3.63, 3.8) is 0 Å². The highest BCUT2D eigenvalue weighted by molar-refractivity contribution is 6.33. The molecule has 0 N–H and O–H groups in total. The molecule has 0 radical (unpaired) electrons. The van der Waals surface area contributed by atoms with Crippen LogP contribution in [0.15, 0.2) is 47.5 Å². The van der Waals surface area contributed by atoms with Gasteiger partial charge < -0.3 is 4.90 Å². The van der Waals surface area contributed by atoms with Crippen LogP contribution in [0.1, 0.15) is 27.9 Å². The molecule has 0 aliphatic carbocycles. The molecule has 4 nitrogen and oxygen atoms in total. The molecule has 2 aliphatic rings. The molecule has 0 unspecified atom stereocenters. The molecule has 2 aromatic carbocycles. The number of benzene rings is 2. The Balaban J connectivity index is 2.02. The molecular formula is C18H13ClN2O2. The average Bonchev–Trinajstić information content (AvgIpc) is 2.69. The van der Waals surface area contributed by atoms with Crippen LogP contribution in [0.25, 0.3) is 0 Å². The quantitative estimate of drug-likeness (QED) is 0.809. The second-order valence-electron chi connectivity index (χ2n) is 5.60. The third kappa shape index (κ3) is 2.26. The molecule has 114 valence electrons. The maximum Gasteiger partial charge on any atom is 0.248 e. The van der Waals surface area contributed by atoms with Gasteiger partial charge in [0.2, 0.25) is 5.91 Å². The van der Waals surface area contributed by atoms with Gasteiger partial charge in [-0.3, -0.25) is 14.6 Å². The van der Waals surface area contributed by atoms with Gasteiger partial charge in [0, 0.05) is 34.7 Å². The van der Waals surface area contributed by atoms with Crippen molar-refractivity contribution in [1.29, 1.82) is 0 Å². The standard InChI is InChI=1S/C18H13ClN2O2/c19-12-8-13-15(22)6-7-21-16(23)10-20-17(14(9-12)18(13)21)11-4-2-1-3-5-11/h1-5,8-9H,6-7,10H2. The maximum atomic E-state index is 12.4. The van der Waals surface area contributed by atoms with Crippen LogP contribution in [0.5, 0.6) is 0 Å². The number of amides is 1. The van der Waals surface area contributed by atoms with E-state index in [4.69, 9.17) is 11.6 Å². The topological polar surface area (TPSA) is 49.7 Å². The van der Waals surface area contributed by atoms with E-state index >= 15 is 0 Å². The van der Waals surface area contributed by atoms with Gasteiger partial charge in [0.15, 0.2) is 5.78 Å². The van der Waals surface area contributed by atoms with Gasteiger partial charge in [-0.25, -0.2) is 0 Å². The summed E-state index contributed by atoms with van der Waals surface area (Å²) >= 11 is 6.23. The number of nitrogens with zero attached hydrogens (tertiary/aromatic N) is 2. The number of carbonyl (C=O) groups is 2. The Labute approximate surface area is 138 Å². The molecule has 0 bridgehead atoms. The van der Waals surface area contributed by atoms with E-state index in [0.29, 0.717) is 35.0 Å². The number of rotatable bonds is 1. The van der Waals surface area contributed by atoms with Gasteiger partial charge in [-0.2, -0.15) is 0 Å². The van der Waals surface area contributed by atoms with Crippen molar-refractivity contribution in [2.45, 2.75) is 6.42 Å². The fraction of sp³-hybridized carbons (Fsp3) is 0.167. The molecule has 5 heteroatoms. The molecule has 2 aromatic rings. The molecule has 4 rings (SSSR count). The number of ketones is 1. The van der Waals surface area contributed by atoms with Gasteiger partial charge in [0.1, 0.15) is 6.54 Å². The summed E-state index contributed by atoms with van der Waals surface area (Å²) in [6, 6.07) is 13.1. The first-order valence-corrected chi connectivity index (χ1v) is 7.80. The number of Topliss-reactive ketones (excluding diaryl/α,β-unsaturated/α-hetero) is 1. The summed E-state index contributed by atoms with van der Waals surface area (Å²) in [6.07, 6.45) is 0.319. The molecule has 2 heterocycles. The fourth-order valence-electron chi connectivity index (χ4n) is 3.15. The van der Waals surface area contributed by atoms with E-state index < -0.39 is 0 Å². The van der Waals surface area contributed by atoms with E-state index in [1.165, 1.54) is 0 Å². The summed E-state index contributed by atoms with van der Waals surface area (Å²) < 4.78 is 0. The lowest BCUT2D eigenvalue weighted by Crippen LogP contribution is -2.38. The minimum atomic E-state index is -0.0896. The molecule has 0 atom stereocenters. The minimum absolute atomic E-state index is 0.0158. The first kappa shape index (κ1) is 14.2. The van der Waals surface area contributed by atoms with Crippen molar-refractivity contribution in [3.05, 3.63) is 64.2 Å². The largest absolute Gasteiger partial charge is 0.309 e. The third-order valence-corrected chi connectivity index (χ3v) is 4.40. The Bertz CT molecular complexity index is 859. The van der Waals surface area contributed by atoms with Gasteiger partial charge in [-0.1, -0.05) is 41.9 Å². The van der Waals surface area contributed by atoms with Crippen LogP contribution in [0, 0.1) is 0 Å². The van der Waals surface area contributed by atoms with Crippen molar-refractivity contribution in [3.8, 4) is 0 Å². The maximum absolute atomic E-state index is 12.4. The molecule has 23 heavy (non-hydrogen) atoms. The molecule has 0 saturated carbocycles. The lowest BCUT2D eigenvalue weighted by atomic mass is 9.92. The second kappa shape index (κ2) is 5.32. The Morgan fingerprint density at radius 2 is 1.78 bits per heavy atom. The van der Waals surface area contributed by atoms with E-state index in [-0.39, 0.29) is 18.2 Å². The van der Waals surface area contributed by atoms with Crippen LogP contribution in [-0.4, -0.2) is 30.5 Å². The van der Waals surface area contributed by atoms with Gasteiger partial charge >= 0.3 is 0 Å². The average molecular weight is 325 g/mol. The van der Waals surface area contributed by atoms with E-state index in [1.54, 1.807) is 17.0 Å². The van der Waals surface area contributed by atoms with E-state index in [9.17, 15) is 9.59 Å². The Hall–Kier alpha value is -2.46. The first-order valence-electron chi connectivity index (χ1n) is 7.42. The molecule has 0 saturated heterocycles. The molecule has 0 spiro atoms. The molecule has 0 aromatic heterocycles. The van der Waals surface area contributed by atoms with Crippen molar-refractivity contribution < 1.29 is 9.59 Å². The highest BCUT2D eigenvalue weighted by Crippen LogP contribution is 2.36. The van der Waals surface area contributed by atoms with E-state index in [1.807, 2.05) is 30.3 Å². The summed E-state index contributed by atoms with van der Waals surface area (Å²) in [6.45, 7) is 0.473. The lowest BCUT2D eigenvalue weighted by molar-refractivity contribution is -0.117. The van der Waals surface area contributed by atoms with Gasteiger partial charge in [0.05, 0.1) is 11.4 Å². The van der Waals surface area contributed by atoms with Crippen molar-refractivity contribution >= 4 is 34.7 Å². The van der Waals surface area contributed by atoms with Crippen LogP contribution < -0.4 is 4.90 Å². The normalized spacial score (nSPS) is 16.7. The molecule has 2 aliphatic heterocycles. The summed E-state index contributed by atoms with van der Waals surface area (Å²) in [5.41, 5.74) is 3.52. The zero-order chi connectivity index (χ0) is 16.0. The molecular weight excluding hydrogens is 312 g/mol. The molecule has 0 fully saturated rings. The Kier molecular flexibility index (Phi) is 3.27. The minimum Gasteiger partial charge on any atom is -0.309 e. The Morgan fingerprint density at radius 3 is 2.57 bits per heavy atom. The number of anilines is 1. The smallest absolute Gasteiger partial charge is 0.248 e. The second-order valence-corrected chi connectivity index (χ2v) is 6.04. The van der Waals surface area contributed by atoms with E-state index in [2.05, 4.69) is 4.99 Å². The zero-order valence-corrected chi connectivity index (χ0v) is 13.0. The third-order valence-electron chi connectivity index (χ3n) is 4.18. The van der Waals surface area contributed by atoms with Crippen molar-refractivity contribution in [1.82, 2.24) is 0 Å². The first-order chi connectivity index (χ1) is 11.1. The summed E-state index contributed by atoms with van der Waals surface area (Å²) in [7, 11) is 0. The fourth-order valence-corrected chi connectivity index (χ4v) is 3.37. The number of carbonyl (C=O) groups excluding carboxylic acids is 2. The number of hydrogen-bond donors (Lipinski definition) is 0. The predicted octanol–water partition coefficient (Wildman–Crippen LogP) is 3.11. The molecule has 1 amide bonds. The van der Waals surface area contributed by atoms with Crippen molar-refractivity contribution in [2.75, 3.05) is 18.0 Å². The van der Waals surface area contributed by atoms with E-state index in [0.717, 1.165) is 11.1 Å². The number of halogens is 1. The highest BCUT2D eigenvalue weighted by Gasteiger charge is 2.33. The summed E-state index contributed by atoms with van der Waals surface area (Å²) in [5.74, 6) is -0.0737. The van der Waals surface area contributed by atoms with Gasteiger partial charge in [0.25, 0.3) is 0 Å². The Morgan fingerprint density at radius 1 is 1.04 bits per heavy atom. The van der Waals surface area contributed by atoms with Gasteiger partial charge in [-0.05, 0) is 12.1 Å². The van der Waals surface area contributed by atoms with Crippen LogP contribution in [0.3, 0.4) is 0 Å².